The standard InChI is InChI=1S/C18H31FN4.HI/c1-5-23(6-2)12-8-7-11-21-18(20-4)22-14-16-10-9-15(3)17(19)13-16;/h9-10,13H,5-8,11-12,14H2,1-4H3,(H2,20,21,22);1H. The average molecular weight is 450 g/mol. The van der Waals surface area contributed by atoms with E-state index in [1.54, 1.807) is 26.1 Å². The van der Waals surface area contributed by atoms with E-state index in [0.29, 0.717) is 12.1 Å². The summed E-state index contributed by atoms with van der Waals surface area (Å²) in [6, 6.07) is 5.30. The zero-order chi connectivity index (χ0) is 17.1. The van der Waals surface area contributed by atoms with Crippen molar-refractivity contribution in [2.45, 2.75) is 40.2 Å². The summed E-state index contributed by atoms with van der Waals surface area (Å²) < 4.78 is 13.5. The lowest BCUT2D eigenvalue weighted by atomic mass is 10.1. The monoisotopic (exact) mass is 450 g/mol. The van der Waals surface area contributed by atoms with Crippen LogP contribution in [0, 0.1) is 12.7 Å². The van der Waals surface area contributed by atoms with Crippen molar-refractivity contribution in [1.29, 1.82) is 0 Å². The number of rotatable bonds is 9. The first kappa shape index (κ1) is 23.1. The van der Waals surface area contributed by atoms with Gasteiger partial charge in [0, 0.05) is 20.1 Å². The molecular weight excluding hydrogens is 418 g/mol. The molecule has 0 aliphatic rings. The van der Waals surface area contributed by atoms with E-state index < -0.39 is 0 Å². The summed E-state index contributed by atoms with van der Waals surface area (Å²) in [6.07, 6.45) is 2.28. The Morgan fingerprint density at radius 3 is 2.46 bits per heavy atom. The molecule has 138 valence electrons. The molecule has 6 heteroatoms. The molecule has 0 atom stereocenters. The number of unbranched alkanes of at least 4 members (excludes halogenated alkanes) is 1. The van der Waals surface area contributed by atoms with E-state index in [1.807, 2.05) is 6.07 Å². The maximum Gasteiger partial charge on any atom is 0.191 e. The van der Waals surface area contributed by atoms with Crippen molar-refractivity contribution in [1.82, 2.24) is 15.5 Å². The third-order valence-electron chi connectivity index (χ3n) is 4.01. The van der Waals surface area contributed by atoms with Gasteiger partial charge in [0.1, 0.15) is 5.82 Å². The molecule has 0 unspecified atom stereocenters. The fraction of sp³-hybridized carbons (Fsp3) is 0.611. The van der Waals surface area contributed by atoms with Gasteiger partial charge in [0.2, 0.25) is 0 Å². The molecular formula is C18H32FIN4. The topological polar surface area (TPSA) is 39.7 Å². The quantitative estimate of drug-likeness (QED) is 0.262. The molecule has 4 nitrogen and oxygen atoms in total. The van der Waals surface area contributed by atoms with Crippen LogP contribution in [0.4, 0.5) is 4.39 Å². The third-order valence-corrected chi connectivity index (χ3v) is 4.01. The van der Waals surface area contributed by atoms with Gasteiger partial charge in [0.15, 0.2) is 5.96 Å². The normalized spacial score (nSPS) is 11.3. The zero-order valence-electron chi connectivity index (χ0n) is 15.4. The molecule has 1 aromatic rings. The minimum Gasteiger partial charge on any atom is -0.356 e. The van der Waals surface area contributed by atoms with E-state index in [-0.39, 0.29) is 29.8 Å². The molecule has 0 saturated heterocycles. The van der Waals surface area contributed by atoms with Crippen LogP contribution in [0.25, 0.3) is 0 Å². The molecule has 0 saturated carbocycles. The molecule has 2 N–H and O–H groups in total. The Hall–Kier alpha value is -0.890. The first-order valence-electron chi connectivity index (χ1n) is 8.52. The van der Waals surface area contributed by atoms with E-state index in [0.717, 1.165) is 44.1 Å². The summed E-state index contributed by atoms with van der Waals surface area (Å²) in [5, 5.41) is 6.52. The Morgan fingerprint density at radius 2 is 1.88 bits per heavy atom. The maximum absolute atomic E-state index is 13.5. The van der Waals surface area contributed by atoms with Gasteiger partial charge in [0.25, 0.3) is 0 Å². The summed E-state index contributed by atoms with van der Waals surface area (Å²) in [5.74, 6) is 0.595. The summed E-state index contributed by atoms with van der Waals surface area (Å²) in [7, 11) is 1.75. The molecule has 1 aromatic carbocycles. The van der Waals surface area contributed by atoms with Crippen molar-refractivity contribution in [3.8, 4) is 0 Å². The van der Waals surface area contributed by atoms with Crippen molar-refractivity contribution in [3.63, 3.8) is 0 Å². The molecule has 24 heavy (non-hydrogen) atoms. The number of nitrogens with one attached hydrogen (secondary N) is 2. The van der Waals surface area contributed by atoms with E-state index >= 15 is 0 Å². The van der Waals surface area contributed by atoms with E-state index in [2.05, 4.69) is 34.4 Å². The summed E-state index contributed by atoms with van der Waals surface area (Å²) in [5.41, 5.74) is 1.59. The fourth-order valence-corrected chi connectivity index (χ4v) is 2.36. The van der Waals surface area contributed by atoms with Gasteiger partial charge in [-0.25, -0.2) is 4.39 Å². The number of nitrogens with zero attached hydrogens (tertiary/aromatic N) is 2. The highest BCUT2D eigenvalue weighted by atomic mass is 127. The second-order valence-electron chi connectivity index (χ2n) is 5.67. The molecule has 0 aliphatic carbocycles. The predicted octanol–water partition coefficient (Wildman–Crippen LogP) is 3.54. The largest absolute Gasteiger partial charge is 0.356 e. The molecule has 1 rings (SSSR count). The third kappa shape index (κ3) is 8.82. The van der Waals surface area contributed by atoms with Crippen LogP contribution in [0.5, 0.6) is 0 Å². The van der Waals surface area contributed by atoms with Crippen LogP contribution in [-0.4, -0.2) is 44.1 Å². The molecule has 0 spiro atoms. The average Bonchev–Trinajstić information content (AvgIpc) is 2.56. The van der Waals surface area contributed by atoms with Gasteiger partial charge < -0.3 is 15.5 Å². The lowest BCUT2D eigenvalue weighted by molar-refractivity contribution is 0.297. The number of benzene rings is 1. The summed E-state index contributed by atoms with van der Waals surface area (Å²) in [4.78, 5) is 6.63. The minimum absolute atomic E-state index is 0. The highest BCUT2D eigenvalue weighted by Gasteiger charge is 2.02. The SMILES string of the molecule is CCN(CC)CCCCNC(=NC)NCc1ccc(C)c(F)c1.I. The van der Waals surface area contributed by atoms with Gasteiger partial charge in [-0.15, -0.1) is 24.0 Å². The van der Waals surface area contributed by atoms with Gasteiger partial charge in [-0.05, 0) is 56.6 Å². The molecule has 0 aromatic heterocycles. The van der Waals surface area contributed by atoms with Gasteiger partial charge in [-0.3, -0.25) is 4.99 Å². The van der Waals surface area contributed by atoms with Crippen LogP contribution in [0.2, 0.25) is 0 Å². The van der Waals surface area contributed by atoms with Crippen molar-refractivity contribution in [3.05, 3.63) is 35.1 Å². The Bertz CT molecular complexity index is 490. The summed E-state index contributed by atoms with van der Waals surface area (Å²) >= 11 is 0. The second-order valence-corrected chi connectivity index (χ2v) is 5.67. The van der Waals surface area contributed by atoms with Crippen LogP contribution in [-0.2, 0) is 6.54 Å². The Balaban J connectivity index is 0.00000529. The highest BCUT2D eigenvalue weighted by Crippen LogP contribution is 2.08. The minimum atomic E-state index is -0.163. The molecule has 0 fully saturated rings. The number of aliphatic imine (C=N–C) groups is 1. The van der Waals surface area contributed by atoms with Crippen LogP contribution < -0.4 is 10.6 Å². The number of guanidine groups is 1. The summed E-state index contributed by atoms with van der Waals surface area (Å²) in [6.45, 7) is 11.0. The first-order chi connectivity index (χ1) is 11.1. The predicted molar refractivity (Wildman–Crippen MR) is 112 cm³/mol. The molecule has 0 aliphatic heterocycles. The Morgan fingerprint density at radius 1 is 1.17 bits per heavy atom. The van der Waals surface area contributed by atoms with Crippen molar-refractivity contribution < 1.29 is 4.39 Å². The van der Waals surface area contributed by atoms with Gasteiger partial charge >= 0.3 is 0 Å². The molecule has 0 bridgehead atoms. The van der Waals surface area contributed by atoms with Crippen LogP contribution in [0.3, 0.4) is 0 Å². The van der Waals surface area contributed by atoms with Crippen LogP contribution in [0.1, 0.15) is 37.8 Å². The molecule has 0 heterocycles. The van der Waals surface area contributed by atoms with Crippen molar-refractivity contribution in [2.75, 3.05) is 33.2 Å². The van der Waals surface area contributed by atoms with Gasteiger partial charge in [0.05, 0.1) is 0 Å². The number of aryl methyl sites for hydroxylation is 1. The smallest absolute Gasteiger partial charge is 0.191 e. The van der Waals surface area contributed by atoms with Crippen molar-refractivity contribution in [2.24, 2.45) is 4.99 Å². The van der Waals surface area contributed by atoms with E-state index in [4.69, 9.17) is 0 Å². The fourth-order valence-electron chi connectivity index (χ4n) is 2.36. The number of hydrogen-bond donors (Lipinski definition) is 2. The lowest BCUT2D eigenvalue weighted by Gasteiger charge is -2.18. The highest BCUT2D eigenvalue weighted by molar-refractivity contribution is 14.0. The Kier molecular flexibility index (Phi) is 12.9. The zero-order valence-corrected chi connectivity index (χ0v) is 17.7. The van der Waals surface area contributed by atoms with E-state index in [9.17, 15) is 4.39 Å². The van der Waals surface area contributed by atoms with E-state index in [1.165, 1.54) is 6.42 Å². The first-order valence-corrected chi connectivity index (χ1v) is 8.52. The number of halogens is 2. The van der Waals surface area contributed by atoms with Gasteiger partial charge in [-0.1, -0.05) is 26.0 Å². The lowest BCUT2D eigenvalue weighted by Crippen LogP contribution is -2.37. The second kappa shape index (κ2) is 13.4. The van der Waals surface area contributed by atoms with Gasteiger partial charge in [-0.2, -0.15) is 0 Å². The van der Waals surface area contributed by atoms with Crippen molar-refractivity contribution >= 4 is 29.9 Å². The Labute approximate surface area is 163 Å². The molecule has 0 radical (unpaired) electrons. The number of hydrogen-bond acceptors (Lipinski definition) is 2. The van der Waals surface area contributed by atoms with Crippen LogP contribution >= 0.6 is 24.0 Å². The molecule has 0 amide bonds. The van der Waals surface area contributed by atoms with Crippen LogP contribution in [0.15, 0.2) is 23.2 Å². The maximum atomic E-state index is 13.5.